The Morgan fingerprint density at radius 2 is 2.12 bits per heavy atom. The number of halogens is 1. The van der Waals surface area contributed by atoms with E-state index in [1.54, 1.807) is 12.1 Å². The van der Waals surface area contributed by atoms with Gasteiger partial charge >= 0.3 is 0 Å². The van der Waals surface area contributed by atoms with E-state index in [2.05, 4.69) is 26.1 Å². The van der Waals surface area contributed by atoms with Crippen molar-refractivity contribution in [2.45, 2.75) is 39.7 Å². The van der Waals surface area contributed by atoms with Crippen molar-refractivity contribution in [2.75, 3.05) is 6.54 Å². The Labute approximate surface area is 103 Å². The molecule has 1 saturated carbocycles. The highest BCUT2D eigenvalue weighted by molar-refractivity contribution is 5.30. The average molecular weight is 235 g/mol. The van der Waals surface area contributed by atoms with Gasteiger partial charge < -0.3 is 5.32 Å². The maximum Gasteiger partial charge on any atom is 0.123 e. The third-order valence-electron chi connectivity index (χ3n) is 3.89. The molecule has 1 aromatic rings. The van der Waals surface area contributed by atoms with Crippen LogP contribution in [0.1, 0.15) is 43.9 Å². The maximum absolute atomic E-state index is 13.4. The summed E-state index contributed by atoms with van der Waals surface area (Å²) in [5.74, 6) is 1.29. The number of aryl methyl sites for hydroxylation is 1. The monoisotopic (exact) mass is 235 g/mol. The molecule has 2 rings (SSSR count). The van der Waals surface area contributed by atoms with E-state index >= 15 is 0 Å². The van der Waals surface area contributed by atoms with Gasteiger partial charge in [0.05, 0.1) is 0 Å². The second kappa shape index (κ2) is 5.18. The molecule has 0 heterocycles. The molecule has 0 spiro atoms. The second-order valence-corrected chi connectivity index (χ2v) is 5.23. The van der Waals surface area contributed by atoms with Crippen molar-refractivity contribution in [3.8, 4) is 0 Å². The molecule has 1 aliphatic carbocycles. The summed E-state index contributed by atoms with van der Waals surface area (Å²) in [5, 5.41) is 3.52. The standard InChI is InChI=1S/C15H22FN/c1-4-17-15(11(3)12-6-7-12)14-9-13(16)8-5-10(14)2/h5,8-9,11-12,15,17H,4,6-7H2,1-3H3. The first kappa shape index (κ1) is 12.6. The Hall–Kier alpha value is -0.890. The Bertz CT molecular complexity index is 385. The van der Waals surface area contributed by atoms with E-state index in [1.807, 2.05) is 6.07 Å². The summed E-state index contributed by atoms with van der Waals surface area (Å²) in [7, 11) is 0. The molecule has 1 fully saturated rings. The first-order valence-corrected chi connectivity index (χ1v) is 6.63. The van der Waals surface area contributed by atoms with Gasteiger partial charge in [-0.2, -0.15) is 0 Å². The van der Waals surface area contributed by atoms with Crippen molar-refractivity contribution in [1.29, 1.82) is 0 Å². The molecule has 0 radical (unpaired) electrons. The first-order chi connectivity index (χ1) is 8.13. The highest BCUT2D eigenvalue weighted by atomic mass is 19.1. The lowest BCUT2D eigenvalue weighted by Crippen LogP contribution is -2.28. The van der Waals surface area contributed by atoms with Gasteiger partial charge in [-0.3, -0.25) is 0 Å². The van der Waals surface area contributed by atoms with Crippen LogP contribution in [0.15, 0.2) is 18.2 Å². The van der Waals surface area contributed by atoms with Gasteiger partial charge in [0.15, 0.2) is 0 Å². The van der Waals surface area contributed by atoms with E-state index in [-0.39, 0.29) is 5.82 Å². The Balaban J connectivity index is 2.27. The number of hydrogen-bond donors (Lipinski definition) is 1. The lowest BCUT2D eigenvalue weighted by Gasteiger charge is -2.26. The predicted molar refractivity (Wildman–Crippen MR) is 69.4 cm³/mol. The molecule has 1 aliphatic rings. The van der Waals surface area contributed by atoms with Crippen LogP contribution in [0, 0.1) is 24.6 Å². The number of benzene rings is 1. The Morgan fingerprint density at radius 3 is 2.71 bits per heavy atom. The molecule has 17 heavy (non-hydrogen) atoms. The van der Waals surface area contributed by atoms with Crippen molar-refractivity contribution in [2.24, 2.45) is 11.8 Å². The van der Waals surface area contributed by atoms with Crippen molar-refractivity contribution in [3.63, 3.8) is 0 Å². The fourth-order valence-corrected chi connectivity index (χ4v) is 2.64. The van der Waals surface area contributed by atoms with Crippen LogP contribution in [0.2, 0.25) is 0 Å². The third-order valence-corrected chi connectivity index (χ3v) is 3.89. The first-order valence-electron chi connectivity index (χ1n) is 6.63. The topological polar surface area (TPSA) is 12.0 Å². The van der Waals surface area contributed by atoms with Crippen molar-refractivity contribution >= 4 is 0 Å². The molecule has 2 atom stereocenters. The van der Waals surface area contributed by atoms with Gasteiger partial charge in [-0.25, -0.2) is 4.39 Å². The quantitative estimate of drug-likeness (QED) is 0.818. The molecule has 1 N–H and O–H groups in total. The lowest BCUT2D eigenvalue weighted by atomic mass is 9.88. The maximum atomic E-state index is 13.4. The zero-order valence-corrected chi connectivity index (χ0v) is 11.0. The summed E-state index contributed by atoms with van der Waals surface area (Å²) >= 11 is 0. The van der Waals surface area contributed by atoms with Crippen LogP contribution >= 0.6 is 0 Å². The van der Waals surface area contributed by atoms with Crippen molar-refractivity contribution < 1.29 is 4.39 Å². The highest BCUT2D eigenvalue weighted by Gasteiger charge is 2.34. The minimum Gasteiger partial charge on any atom is -0.310 e. The van der Waals surface area contributed by atoms with Crippen molar-refractivity contribution in [3.05, 3.63) is 35.1 Å². The van der Waals surface area contributed by atoms with E-state index in [0.717, 1.165) is 18.0 Å². The van der Waals surface area contributed by atoms with Crippen LogP contribution in [0.4, 0.5) is 4.39 Å². The van der Waals surface area contributed by atoms with Crippen LogP contribution in [-0.2, 0) is 0 Å². The van der Waals surface area contributed by atoms with Crippen LogP contribution in [-0.4, -0.2) is 6.54 Å². The summed E-state index contributed by atoms with van der Waals surface area (Å²) in [4.78, 5) is 0. The van der Waals surface area contributed by atoms with E-state index in [9.17, 15) is 4.39 Å². The predicted octanol–water partition coefficient (Wildman–Crippen LogP) is 3.83. The molecule has 94 valence electrons. The molecule has 0 aliphatic heterocycles. The zero-order chi connectivity index (χ0) is 12.4. The summed E-state index contributed by atoms with van der Waals surface area (Å²) in [6, 6.07) is 5.42. The molecule has 2 heteroatoms. The van der Waals surface area contributed by atoms with Gasteiger partial charge in [0, 0.05) is 6.04 Å². The summed E-state index contributed by atoms with van der Waals surface area (Å²) in [6.45, 7) is 7.40. The van der Waals surface area contributed by atoms with Gasteiger partial charge in [-0.1, -0.05) is 19.9 Å². The lowest BCUT2D eigenvalue weighted by molar-refractivity contribution is 0.353. The normalized spacial score (nSPS) is 19.1. The van der Waals surface area contributed by atoms with Crippen molar-refractivity contribution in [1.82, 2.24) is 5.32 Å². The molecule has 0 bridgehead atoms. The fraction of sp³-hybridized carbons (Fsp3) is 0.600. The van der Waals surface area contributed by atoms with Crippen LogP contribution in [0.5, 0.6) is 0 Å². The molecule has 2 unspecified atom stereocenters. The van der Waals surface area contributed by atoms with Gasteiger partial charge in [-0.05, 0) is 61.4 Å². The van der Waals surface area contributed by atoms with E-state index < -0.39 is 0 Å². The zero-order valence-electron chi connectivity index (χ0n) is 11.0. The van der Waals surface area contributed by atoms with Gasteiger partial charge in [-0.15, -0.1) is 0 Å². The van der Waals surface area contributed by atoms with E-state index in [4.69, 9.17) is 0 Å². The molecule has 1 aromatic carbocycles. The summed E-state index contributed by atoms with van der Waals surface area (Å²) < 4.78 is 13.4. The smallest absolute Gasteiger partial charge is 0.123 e. The molecular formula is C15H22FN. The fourth-order valence-electron chi connectivity index (χ4n) is 2.64. The molecular weight excluding hydrogens is 213 g/mol. The number of hydrogen-bond acceptors (Lipinski definition) is 1. The molecule has 0 amide bonds. The highest BCUT2D eigenvalue weighted by Crippen LogP contribution is 2.43. The number of rotatable bonds is 5. The van der Waals surface area contributed by atoms with E-state index in [1.165, 1.54) is 18.4 Å². The largest absolute Gasteiger partial charge is 0.310 e. The SMILES string of the molecule is CCNC(c1cc(F)ccc1C)C(C)C1CC1. The summed E-state index contributed by atoms with van der Waals surface area (Å²) in [5.41, 5.74) is 2.32. The molecule has 0 aromatic heterocycles. The van der Waals surface area contributed by atoms with Gasteiger partial charge in [0.25, 0.3) is 0 Å². The Morgan fingerprint density at radius 1 is 1.41 bits per heavy atom. The minimum atomic E-state index is -0.128. The Kier molecular flexibility index (Phi) is 3.82. The molecule has 0 saturated heterocycles. The second-order valence-electron chi connectivity index (χ2n) is 5.23. The summed E-state index contributed by atoms with van der Waals surface area (Å²) in [6.07, 6.45) is 2.66. The average Bonchev–Trinajstić information content (AvgIpc) is 3.12. The van der Waals surface area contributed by atoms with Crippen LogP contribution in [0.25, 0.3) is 0 Å². The van der Waals surface area contributed by atoms with E-state index in [0.29, 0.717) is 12.0 Å². The minimum absolute atomic E-state index is 0.128. The number of nitrogens with one attached hydrogen (secondary N) is 1. The van der Waals surface area contributed by atoms with Crippen LogP contribution in [0.3, 0.4) is 0 Å². The van der Waals surface area contributed by atoms with Crippen LogP contribution < -0.4 is 5.32 Å². The van der Waals surface area contributed by atoms with Gasteiger partial charge in [0.2, 0.25) is 0 Å². The molecule has 1 nitrogen and oxygen atoms in total. The van der Waals surface area contributed by atoms with Gasteiger partial charge in [0.1, 0.15) is 5.82 Å². The third kappa shape index (κ3) is 2.86.